The molecule has 1 heterocycles. The number of alkyl halides is 7. The maximum atomic E-state index is 12.5. The molecule has 0 N–H and O–H groups in total. The fourth-order valence-corrected chi connectivity index (χ4v) is 1.99. The summed E-state index contributed by atoms with van der Waals surface area (Å²) < 4.78 is 76.7. The molecular weight excluding hydrogens is 447 g/mol. The molecule has 0 fully saturated rings. The molecular formula is C8H3BrF6INO. The van der Waals surface area contributed by atoms with Crippen LogP contribution in [-0.4, -0.2) is 11.3 Å². The zero-order valence-electron chi connectivity index (χ0n) is 8.16. The Labute approximate surface area is 119 Å². The number of aromatic nitrogens is 1. The Kier molecular flexibility index (Phi) is 4.73. The van der Waals surface area contributed by atoms with E-state index in [0.29, 0.717) is 6.07 Å². The van der Waals surface area contributed by atoms with Crippen molar-refractivity contribution in [1.29, 1.82) is 0 Å². The normalized spacial score (nSPS) is 12.7. The molecule has 1 rings (SSSR count). The van der Waals surface area contributed by atoms with Gasteiger partial charge in [-0.05, 0) is 34.2 Å². The monoisotopic (exact) mass is 449 g/mol. The van der Waals surface area contributed by atoms with Crippen LogP contribution in [0.4, 0.5) is 26.3 Å². The van der Waals surface area contributed by atoms with Gasteiger partial charge in [0.05, 0.1) is 0 Å². The van der Waals surface area contributed by atoms with Crippen molar-refractivity contribution in [2.24, 2.45) is 0 Å². The average molecular weight is 450 g/mol. The predicted molar refractivity (Wildman–Crippen MR) is 61.3 cm³/mol. The van der Waals surface area contributed by atoms with Crippen molar-refractivity contribution in [1.82, 2.24) is 4.98 Å². The Morgan fingerprint density at radius 2 is 1.78 bits per heavy atom. The van der Waals surface area contributed by atoms with Gasteiger partial charge in [-0.15, -0.1) is 13.2 Å². The molecule has 0 saturated carbocycles. The molecule has 0 unspecified atom stereocenters. The van der Waals surface area contributed by atoms with Crippen molar-refractivity contribution in [3.63, 3.8) is 0 Å². The third kappa shape index (κ3) is 4.14. The number of hydrogen-bond donors (Lipinski definition) is 0. The van der Waals surface area contributed by atoms with Gasteiger partial charge in [-0.3, -0.25) is 0 Å². The van der Waals surface area contributed by atoms with Gasteiger partial charge < -0.3 is 4.74 Å². The van der Waals surface area contributed by atoms with Crippen LogP contribution >= 0.6 is 38.5 Å². The molecule has 0 aromatic carbocycles. The Morgan fingerprint density at radius 3 is 2.17 bits per heavy atom. The van der Waals surface area contributed by atoms with Crippen LogP contribution in [0.2, 0.25) is 0 Å². The van der Waals surface area contributed by atoms with Crippen LogP contribution in [0.15, 0.2) is 6.07 Å². The summed E-state index contributed by atoms with van der Waals surface area (Å²) in [5.74, 6) is -0.759. The summed E-state index contributed by atoms with van der Waals surface area (Å²) in [6.45, 7) is 0. The van der Waals surface area contributed by atoms with Gasteiger partial charge in [0.1, 0.15) is 9.39 Å². The molecule has 0 aliphatic rings. The maximum Gasteiger partial charge on any atom is 0.573 e. The molecule has 1 aromatic heterocycles. The molecule has 0 bridgehead atoms. The van der Waals surface area contributed by atoms with Crippen LogP contribution in [0, 0.1) is 3.70 Å². The van der Waals surface area contributed by atoms with E-state index in [9.17, 15) is 26.3 Å². The number of rotatable bonds is 2. The lowest BCUT2D eigenvalue weighted by atomic mass is 10.2. The molecule has 0 aliphatic carbocycles. The fraction of sp³-hybridized carbons (Fsp3) is 0.375. The van der Waals surface area contributed by atoms with Crippen molar-refractivity contribution < 1.29 is 31.1 Å². The van der Waals surface area contributed by atoms with Crippen LogP contribution in [0.25, 0.3) is 0 Å². The Hall–Kier alpha value is -0.260. The second kappa shape index (κ2) is 5.39. The molecule has 0 saturated heterocycles. The highest BCUT2D eigenvalue weighted by Crippen LogP contribution is 2.36. The first-order chi connectivity index (χ1) is 8.04. The average Bonchev–Trinajstić information content (AvgIpc) is 2.17. The van der Waals surface area contributed by atoms with E-state index in [1.165, 1.54) is 22.6 Å². The zero-order valence-corrected chi connectivity index (χ0v) is 11.9. The first kappa shape index (κ1) is 15.8. The minimum Gasteiger partial charge on any atom is -0.403 e. The Morgan fingerprint density at radius 1 is 1.22 bits per heavy atom. The van der Waals surface area contributed by atoms with E-state index in [1.54, 1.807) is 0 Å². The van der Waals surface area contributed by atoms with E-state index < -0.39 is 33.2 Å². The summed E-state index contributed by atoms with van der Waals surface area (Å²) in [6, 6.07) is 0.667. The van der Waals surface area contributed by atoms with Crippen LogP contribution in [0.3, 0.4) is 0 Å². The summed E-state index contributed by atoms with van der Waals surface area (Å²) in [5.41, 5.74) is -1.67. The van der Waals surface area contributed by atoms with Gasteiger partial charge in [0.15, 0.2) is 5.75 Å². The molecule has 2 nitrogen and oxygen atoms in total. The first-order valence-electron chi connectivity index (χ1n) is 4.13. The molecule has 10 heteroatoms. The van der Waals surface area contributed by atoms with Crippen molar-refractivity contribution in [2.75, 3.05) is 0 Å². The fourth-order valence-electron chi connectivity index (χ4n) is 1.05. The number of ether oxygens (including phenoxy) is 1. The smallest absolute Gasteiger partial charge is 0.403 e. The van der Waals surface area contributed by atoms with E-state index in [2.05, 4.69) is 25.7 Å². The number of hydrogen-bond acceptors (Lipinski definition) is 2. The molecule has 1 aromatic rings. The second-order valence-corrected chi connectivity index (χ2v) is 4.55. The van der Waals surface area contributed by atoms with Crippen LogP contribution in [0.1, 0.15) is 11.3 Å². The first-order valence-corrected chi connectivity index (χ1v) is 6.33. The number of pyridine rings is 1. The topological polar surface area (TPSA) is 22.1 Å². The van der Waals surface area contributed by atoms with E-state index in [-0.39, 0.29) is 5.33 Å². The van der Waals surface area contributed by atoms with Gasteiger partial charge >= 0.3 is 12.5 Å². The largest absolute Gasteiger partial charge is 0.573 e. The highest BCUT2D eigenvalue weighted by atomic mass is 127. The van der Waals surface area contributed by atoms with Gasteiger partial charge in [-0.25, -0.2) is 4.98 Å². The Bertz CT molecular complexity index is 446. The molecule has 102 valence electrons. The van der Waals surface area contributed by atoms with Crippen LogP contribution in [0.5, 0.6) is 5.75 Å². The van der Waals surface area contributed by atoms with Gasteiger partial charge in [-0.2, -0.15) is 13.2 Å². The van der Waals surface area contributed by atoms with Crippen LogP contribution in [-0.2, 0) is 11.5 Å². The van der Waals surface area contributed by atoms with Crippen molar-refractivity contribution >= 4 is 38.5 Å². The standard InChI is InChI=1S/C8H3BrF6INO/c9-2-3-1-4(18-8(13,14)15)6(16)17-5(3)7(10,11)12/h1H,2H2. The van der Waals surface area contributed by atoms with Crippen LogP contribution < -0.4 is 4.74 Å². The molecule has 0 radical (unpaired) electrons. The summed E-state index contributed by atoms with van der Waals surface area (Å²) in [4.78, 5) is 3.11. The lowest BCUT2D eigenvalue weighted by Gasteiger charge is -2.15. The maximum absolute atomic E-state index is 12.5. The van der Waals surface area contributed by atoms with Gasteiger partial charge in [0, 0.05) is 5.33 Å². The quantitative estimate of drug-likeness (QED) is 0.287. The second-order valence-electron chi connectivity index (χ2n) is 2.96. The SMILES string of the molecule is FC(F)(F)Oc1cc(CBr)c(C(F)(F)F)nc1I. The van der Waals surface area contributed by atoms with E-state index in [1.807, 2.05) is 0 Å². The number of halogens is 8. The number of nitrogens with zero attached hydrogens (tertiary/aromatic N) is 1. The van der Waals surface area contributed by atoms with E-state index in [4.69, 9.17) is 0 Å². The molecule has 0 aliphatic heterocycles. The molecule has 0 spiro atoms. The summed E-state index contributed by atoms with van der Waals surface area (Å²) >= 11 is 4.01. The minimum absolute atomic E-state index is 0.292. The van der Waals surface area contributed by atoms with Gasteiger partial charge in [-0.1, -0.05) is 15.9 Å². The molecule has 18 heavy (non-hydrogen) atoms. The molecule has 0 amide bonds. The lowest BCUT2D eigenvalue weighted by Crippen LogP contribution is -2.20. The Balaban J connectivity index is 3.27. The van der Waals surface area contributed by atoms with E-state index >= 15 is 0 Å². The summed E-state index contributed by atoms with van der Waals surface area (Å²) in [7, 11) is 0. The third-order valence-corrected chi connectivity index (χ3v) is 3.04. The highest BCUT2D eigenvalue weighted by molar-refractivity contribution is 14.1. The lowest BCUT2D eigenvalue weighted by molar-refractivity contribution is -0.275. The summed E-state index contributed by atoms with van der Waals surface area (Å²) in [5, 5.41) is -0.292. The molecule has 0 atom stereocenters. The summed E-state index contributed by atoms with van der Waals surface area (Å²) in [6.07, 6.45) is -9.72. The minimum atomic E-state index is -4.98. The van der Waals surface area contributed by atoms with E-state index in [0.717, 1.165) is 0 Å². The zero-order chi connectivity index (χ0) is 14.1. The van der Waals surface area contributed by atoms with Gasteiger partial charge in [0.25, 0.3) is 0 Å². The van der Waals surface area contributed by atoms with Crippen molar-refractivity contribution in [3.05, 3.63) is 21.0 Å². The predicted octanol–water partition coefficient (Wildman–Crippen LogP) is 4.50. The van der Waals surface area contributed by atoms with Crippen molar-refractivity contribution in [3.8, 4) is 5.75 Å². The third-order valence-electron chi connectivity index (χ3n) is 1.66. The van der Waals surface area contributed by atoms with Gasteiger partial charge in [0.2, 0.25) is 0 Å². The highest BCUT2D eigenvalue weighted by Gasteiger charge is 2.38. The van der Waals surface area contributed by atoms with Crippen molar-refractivity contribution in [2.45, 2.75) is 17.9 Å².